The Hall–Kier alpha value is -2.71. The Kier molecular flexibility index (Phi) is 7.67. The molecule has 3 aromatic rings. The molecule has 1 aromatic carbocycles. The molecule has 2 fully saturated rings. The van der Waals surface area contributed by atoms with Gasteiger partial charge in [0.05, 0.1) is 6.54 Å². The van der Waals surface area contributed by atoms with Crippen molar-refractivity contribution in [1.29, 1.82) is 0 Å². The van der Waals surface area contributed by atoms with Crippen molar-refractivity contribution in [3.63, 3.8) is 0 Å². The maximum Gasteiger partial charge on any atom is 0.449 e. The topological polar surface area (TPSA) is 37.2 Å². The van der Waals surface area contributed by atoms with Gasteiger partial charge in [-0.25, -0.2) is 9.97 Å². The van der Waals surface area contributed by atoms with Gasteiger partial charge in [0.2, 0.25) is 5.82 Å². The first-order valence-electron chi connectivity index (χ1n) is 13.4. The summed E-state index contributed by atoms with van der Waals surface area (Å²) < 4.78 is 42.5. The summed E-state index contributed by atoms with van der Waals surface area (Å²) in [5.74, 6) is -0.906. The SMILES string of the molecule is Cc1cc(C)c2nc(C(F)(F)F)n(Cc3ccc(C=CCN4CCC(N5CCCCC5)CC4)cc3)c2n1. The van der Waals surface area contributed by atoms with Crippen molar-refractivity contribution in [3.8, 4) is 0 Å². The number of imidazole rings is 1. The standard InChI is InChI=1S/C29H36F3N5/c1-21-19-22(2)33-27-26(21)34-28(29(30,31)32)37(27)20-24-10-8-23(9-11-24)7-6-14-35-17-12-25(13-18-35)36-15-4-3-5-16-36/h6-11,19,25H,3-5,12-18,20H2,1-2H3. The molecule has 0 spiro atoms. The van der Waals surface area contributed by atoms with Crippen LogP contribution in [-0.2, 0) is 12.7 Å². The Morgan fingerprint density at radius 2 is 1.65 bits per heavy atom. The van der Waals surface area contributed by atoms with E-state index in [0.717, 1.165) is 36.8 Å². The second-order valence-corrected chi connectivity index (χ2v) is 10.5. The van der Waals surface area contributed by atoms with Crippen LogP contribution in [-0.4, -0.2) is 63.1 Å². The Labute approximate surface area is 217 Å². The average molecular weight is 512 g/mol. The number of hydrogen-bond donors (Lipinski definition) is 0. The van der Waals surface area contributed by atoms with Crippen LogP contribution in [0.3, 0.4) is 0 Å². The lowest BCUT2D eigenvalue weighted by atomic mass is 10.00. The van der Waals surface area contributed by atoms with E-state index in [4.69, 9.17) is 0 Å². The van der Waals surface area contributed by atoms with Crippen LogP contribution in [0.1, 0.15) is 60.3 Å². The van der Waals surface area contributed by atoms with Gasteiger partial charge in [0.1, 0.15) is 5.52 Å². The van der Waals surface area contributed by atoms with E-state index in [1.807, 2.05) is 24.3 Å². The second-order valence-electron chi connectivity index (χ2n) is 10.5. The largest absolute Gasteiger partial charge is 0.449 e. The highest BCUT2D eigenvalue weighted by molar-refractivity contribution is 5.76. The predicted octanol–water partition coefficient (Wildman–Crippen LogP) is 6.08. The Balaban J connectivity index is 1.21. The fourth-order valence-electron chi connectivity index (χ4n) is 5.77. The van der Waals surface area contributed by atoms with Crippen LogP contribution in [0.2, 0.25) is 0 Å². The third kappa shape index (κ3) is 6.07. The molecule has 5 nitrogen and oxygen atoms in total. The summed E-state index contributed by atoms with van der Waals surface area (Å²) in [5.41, 5.74) is 3.78. The number of likely N-dealkylation sites (tertiary alicyclic amines) is 2. The minimum Gasteiger partial charge on any atom is -0.301 e. The molecule has 0 radical (unpaired) electrons. The number of aromatic nitrogens is 3. The quantitative estimate of drug-likeness (QED) is 0.402. The molecule has 0 aliphatic carbocycles. The number of aryl methyl sites for hydroxylation is 2. The second kappa shape index (κ2) is 11.0. The molecule has 0 saturated carbocycles. The summed E-state index contributed by atoms with van der Waals surface area (Å²) in [5, 5.41) is 0. The van der Waals surface area contributed by atoms with Crippen molar-refractivity contribution in [2.45, 2.75) is 64.7 Å². The predicted molar refractivity (Wildman–Crippen MR) is 141 cm³/mol. The van der Waals surface area contributed by atoms with Gasteiger partial charge in [0.25, 0.3) is 0 Å². The average Bonchev–Trinajstić information content (AvgIpc) is 3.25. The van der Waals surface area contributed by atoms with E-state index in [2.05, 4.69) is 31.9 Å². The zero-order valence-electron chi connectivity index (χ0n) is 21.8. The van der Waals surface area contributed by atoms with Gasteiger partial charge in [0.15, 0.2) is 5.65 Å². The van der Waals surface area contributed by atoms with Gasteiger partial charge in [-0.3, -0.25) is 4.90 Å². The summed E-state index contributed by atoms with van der Waals surface area (Å²) in [7, 11) is 0. The van der Waals surface area contributed by atoms with Gasteiger partial charge in [-0.2, -0.15) is 13.2 Å². The number of fused-ring (bicyclic) bond motifs is 1. The molecule has 2 aliphatic heterocycles. The van der Waals surface area contributed by atoms with E-state index < -0.39 is 12.0 Å². The summed E-state index contributed by atoms with van der Waals surface area (Å²) in [6.45, 7) is 9.36. The molecule has 198 valence electrons. The van der Waals surface area contributed by atoms with E-state index in [-0.39, 0.29) is 12.2 Å². The molecule has 0 unspecified atom stereocenters. The van der Waals surface area contributed by atoms with Crippen molar-refractivity contribution in [3.05, 3.63) is 64.6 Å². The molecule has 4 heterocycles. The van der Waals surface area contributed by atoms with Crippen LogP contribution in [0.4, 0.5) is 13.2 Å². The maximum absolute atomic E-state index is 13.8. The number of pyridine rings is 1. The van der Waals surface area contributed by atoms with Crippen molar-refractivity contribution >= 4 is 17.2 Å². The molecule has 2 saturated heterocycles. The first-order valence-corrected chi connectivity index (χ1v) is 13.4. The van der Waals surface area contributed by atoms with Crippen LogP contribution < -0.4 is 0 Å². The van der Waals surface area contributed by atoms with Gasteiger partial charge in [-0.1, -0.05) is 42.8 Å². The first kappa shape index (κ1) is 25.9. The lowest BCUT2D eigenvalue weighted by Crippen LogP contribution is -2.46. The van der Waals surface area contributed by atoms with E-state index in [9.17, 15) is 13.2 Å². The van der Waals surface area contributed by atoms with Crippen LogP contribution in [0.5, 0.6) is 0 Å². The van der Waals surface area contributed by atoms with Crippen LogP contribution >= 0.6 is 0 Å². The number of hydrogen-bond acceptors (Lipinski definition) is 4. The zero-order valence-corrected chi connectivity index (χ0v) is 21.8. The Morgan fingerprint density at radius 3 is 2.32 bits per heavy atom. The van der Waals surface area contributed by atoms with Crippen LogP contribution in [0.25, 0.3) is 17.2 Å². The van der Waals surface area contributed by atoms with E-state index in [0.29, 0.717) is 16.8 Å². The Bertz CT molecular complexity index is 1230. The van der Waals surface area contributed by atoms with Crippen LogP contribution in [0, 0.1) is 13.8 Å². The molecule has 2 aromatic heterocycles. The van der Waals surface area contributed by atoms with E-state index in [1.165, 1.54) is 49.8 Å². The summed E-state index contributed by atoms with van der Waals surface area (Å²) in [6, 6.07) is 10.2. The Morgan fingerprint density at radius 1 is 0.946 bits per heavy atom. The molecule has 2 aliphatic rings. The summed E-state index contributed by atoms with van der Waals surface area (Å²) >= 11 is 0. The van der Waals surface area contributed by atoms with Gasteiger partial charge < -0.3 is 9.47 Å². The number of halogens is 3. The number of alkyl halides is 3. The molecule has 5 rings (SSSR count). The molecular weight excluding hydrogens is 475 g/mol. The van der Waals surface area contributed by atoms with Crippen molar-refractivity contribution in [2.24, 2.45) is 0 Å². The van der Waals surface area contributed by atoms with Gasteiger partial charge in [0, 0.05) is 18.3 Å². The number of piperidine rings is 2. The van der Waals surface area contributed by atoms with E-state index >= 15 is 0 Å². The lowest BCUT2D eigenvalue weighted by Gasteiger charge is -2.40. The molecule has 0 atom stereocenters. The molecule has 0 N–H and O–H groups in total. The molecule has 0 bridgehead atoms. The van der Waals surface area contributed by atoms with Crippen molar-refractivity contribution in [2.75, 3.05) is 32.7 Å². The maximum atomic E-state index is 13.8. The molecule has 37 heavy (non-hydrogen) atoms. The minimum atomic E-state index is -4.55. The minimum absolute atomic E-state index is 0.0667. The summed E-state index contributed by atoms with van der Waals surface area (Å²) in [4.78, 5) is 13.5. The molecule has 8 heteroatoms. The molecule has 0 amide bonds. The monoisotopic (exact) mass is 511 g/mol. The highest BCUT2D eigenvalue weighted by Gasteiger charge is 2.38. The fraction of sp³-hybridized carbons (Fsp3) is 0.517. The fourth-order valence-corrected chi connectivity index (χ4v) is 5.77. The van der Waals surface area contributed by atoms with Crippen LogP contribution in [0.15, 0.2) is 36.4 Å². The number of rotatable bonds is 6. The highest BCUT2D eigenvalue weighted by atomic mass is 19.4. The smallest absolute Gasteiger partial charge is 0.301 e. The number of benzene rings is 1. The number of nitrogens with zero attached hydrogens (tertiary/aromatic N) is 5. The lowest BCUT2D eigenvalue weighted by molar-refractivity contribution is -0.146. The van der Waals surface area contributed by atoms with E-state index in [1.54, 1.807) is 19.9 Å². The summed E-state index contributed by atoms with van der Waals surface area (Å²) in [6.07, 6.45) is 6.32. The highest BCUT2D eigenvalue weighted by Crippen LogP contribution is 2.32. The van der Waals surface area contributed by atoms with Gasteiger partial charge in [-0.15, -0.1) is 0 Å². The van der Waals surface area contributed by atoms with Crippen molar-refractivity contribution in [1.82, 2.24) is 24.3 Å². The first-order chi connectivity index (χ1) is 17.8. The van der Waals surface area contributed by atoms with Gasteiger partial charge in [-0.05, 0) is 88.5 Å². The zero-order chi connectivity index (χ0) is 26.0. The molecular formula is C29H36F3N5. The van der Waals surface area contributed by atoms with Gasteiger partial charge >= 0.3 is 6.18 Å². The van der Waals surface area contributed by atoms with Crippen molar-refractivity contribution < 1.29 is 13.2 Å². The third-order valence-corrected chi connectivity index (χ3v) is 7.73. The normalized spacial score (nSPS) is 18.8. The third-order valence-electron chi connectivity index (χ3n) is 7.73.